The summed E-state index contributed by atoms with van der Waals surface area (Å²) >= 11 is 0. The van der Waals surface area contributed by atoms with Gasteiger partial charge in [0.1, 0.15) is 0 Å². The van der Waals surface area contributed by atoms with E-state index in [4.69, 9.17) is 0 Å². The molecule has 1 aliphatic rings. The Morgan fingerprint density at radius 1 is 1.48 bits per heavy atom. The molecular formula is C15H21N5O. The van der Waals surface area contributed by atoms with Crippen molar-refractivity contribution in [2.45, 2.75) is 25.9 Å². The molecule has 1 N–H and O–H groups in total. The van der Waals surface area contributed by atoms with Crippen LogP contribution in [0.1, 0.15) is 25.1 Å². The van der Waals surface area contributed by atoms with Crippen molar-refractivity contribution in [3.05, 3.63) is 36.4 Å². The Labute approximate surface area is 124 Å². The van der Waals surface area contributed by atoms with Crippen LogP contribution in [0, 0.1) is 0 Å². The first-order valence-corrected chi connectivity index (χ1v) is 7.35. The van der Waals surface area contributed by atoms with Crippen LogP contribution in [-0.4, -0.2) is 38.2 Å². The van der Waals surface area contributed by atoms with Crippen LogP contribution >= 0.6 is 0 Å². The highest BCUT2D eigenvalue weighted by molar-refractivity contribution is 5.92. The SMILES string of the molecule is CCC1c2cccn2CCN1CC(=O)Nc1cnn(C)c1. The number of carbonyl (C=O) groups excluding carboxylic acids is 1. The Kier molecular flexibility index (Phi) is 3.79. The lowest BCUT2D eigenvalue weighted by atomic mass is 10.1. The number of hydrogen-bond donors (Lipinski definition) is 1. The van der Waals surface area contributed by atoms with Gasteiger partial charge < -0.3 is 9.88 Å². The van der Waals surface area contributed by atoms with Crippen LogP contribution in [0.15, 0.2) is 30.7 Å². The lowest BCUT2D eigenvalue weighted by Gasteiger charge is -2.36. The van der Waals surface area contributed by atoms with Crippen LogP contribution in [0.4, 0.5) is 5.69 Å². The largest absolute Gasteiger partial charge is 0.349 e. The van der Waals surface area contributed by atoms with Gasteiger partial charge in [0, 0.05) is 38.2 Å². The molecule has 1 atom stereocenters. The molecule has 0 radical (unpaired) electrons. The van der Waals surface area contributed by atoms with Crippen LogP contribution in [-0.2, 0) is 18.4 Å². The summed E-state index contributed by atoms with van der Waals surface area (Å²) < 4.78 is 3.96. The van der Waals surface area contributed by atoms with Crippen LogP contribution in [0.25, 0.3) is 0 Å². The second kappa shape index (κ2) is 5.73. The van der Waals surface area contributed by atoms with E-state index in [1.807, 2.05) is 7.05 Å². The minimum Gasteiger partial charge on any atom is -0.349 e. The van der Waals surface area contributed by atoms with E-state index in [2.05, 4.69) is 45.1 Å². The smallest absolute Gasteiger partial charge is 0.238 e. The van der Waals surface area contributed by atoms with Gasteiger partial charge in [-0.05, 0) is 18.6 Å². The molecule has 1 amide bonds. The average Bonchev–Trinajstić information content (AvgIpc) is 3.07. The third-order valence-electron chi connectivity index (χ3n) is 4.00. The molecule has 0 bridgehead atoms. The zero-order valence-electron chi connectivity index (χ0n) is 12.5. The van der Waals surface area contributed by atoms with Crippen molar-refractivity contribution in [1.82, 2.24) is 19.2 Å². The first kappa shape index (κ1) is 13.9. The average molecular weight is 287 g/mol. The molecule has 1 unspecified atom stereocenters. The summed E-state index contributed by atoms with van der Waals surface area (Å²) in [6.07, 6.45) is 6.59. The van der Waals surface area contributed by atoms with Gasteiger partial charge in [-0.25, -0.2) is 0 Å². The molecule has 3 heterocycles. The highest BCUT2D eigenvalue weighted by Gasteiger charge is 2.27. The van der Waals surface area contributed by atoms with Crippen molar-refractivity contribution in [3.8, 4) is 0 Å². The lowest BCUT2D eigenvalue weighted by Crippen LogP contribution is -2.42. The van der Waals surface area contributed by atoms with Crippen molar-refractivity contribution in [1.29, 1.82) is 0 Å². The third-order valence-corrected chi connectivity index (χ3v) is 4.00. The molecule has 0 fully saturated rings. The molecule has 0 aromatic carbocycles. The van der Waals surface area contributed by atoms with Crippen molar-refractivity contribution < 1.29 is 4.79 Å². The van der Waals surface area contributed by atoms with E-state index < -0.39 is 0 Å². The molecule has 1 aliphatic heterocycles. The van der Waals surface area contributed by atoms with E-state index in [9.17, 15) is 4.79 Å². The molecule has 0 spiro atoms. The molecule has 0 saturated heterocycles. The maximum Gasteiger partial charge on any atom is 0.238 e. The van der Waals surface area contributed by atoms with Crippen LogP contribution in [0.3, 0.4) is 0 Å². The molecule has 21 heavy (non-hydrogen) atoms. The molecule has 3 rings (SSSR count). The van der Waals surface area contributed by atoms with E-state index in [-0.39, 0.29) is 5.91 Å². The first-order valence-electron chi connectivity index (χ1n) is 7.35. The van der Waals surface area contributed by atoms with Gasteiger partial charge in [0.2, 0.25) is 5.91 Å². The monoisotopic (exact) mass is 287 g/mol. The minimum atomic E-state index is 0.0152. The van der Waals surface area contributed by atoms with Gasteiger partial charge in [0.25, 0.3) is 0 Å². The van der Waals surface area contributed by atoms with E-state index in [0.29, 0.717) is 12.6 Å². The summed E-state index contributed by atoms with van der Waals surface area (Å²) in [5.41, 5.74) is 2.05. The van der Waals surface area contributed by atoms with Crippen molar-refractivity contribution in [2.24, 2.45) is 7.05 Å². The van der Waals surface area contributed by atoms with Crippen LogP contribution in [0.5, 0.6) is 0 Å². The predicted octanol–water partition coefficient (Wildman–Crippen LogP) is 1.63. The van der Waals surface area contributed by atoms with Gasteiger partial charge in [-0.15, -0.1) is 0 Å². The van der Waals surface area contributed by atoms with Gasteiger partial charge in [0.15, 0.2) is 0 Å². The number of fused-ring (bicyclic) bond motifs is 1. The van der Waals surface area contributed by atoms with Crippen LogP contribution < -0.4 is 5.32 Å². The maximum atomic E-state index is 12.2. The number of rotatable bonds is 4. The molecule has 2 aromatic rings. The second-order valence-electron chi connectivity index (χ2n) is 5.47. The van der Waals surface area contributed by atoms with Crippen molar-refractivity contribution in [3.63, 3.8) is 0 Å². The summed E-state index contributed by atoms with van der Waals surface area (Å²) in [4.78, 5) is 14.5. The summed E-state index contributed by atoms with van der Waals surface area (Å²) in [5, 5.41) is 6.96. The van der Waals surface area contributed by atoms with Gasteiger partial charge in [-0.3, -0.25) is 14.4 Å². The van der Waals surface area contributed by atoms with Gasteiger partial charge in [-0.2, -0.15) is 5.10 Å². The Morgan fingerprint density at radius 3 is 3.05 bits per heavy atom. The number of aryl methyl sites for hydroxylation is 1. The zero-order valence-corrected chi connectivity index (χ0v) is 12.5. The summed E-state index contributed by atoms with van der Waals surface area (Å²) in [6.45, 7) is 4.43. The Balaban J connectivity index is 1.66. The zero-order chi connectivity index (χ0) is 14.8. The quantitative estimate of drug-likeness (QED) is 0.930. The number of hydrogen-bond acceptors (Lipinski definition) is 3. The third kappa shape index (κ3) is 2.85. The molecule has 0 saturated carbocycles. The fraction of sp³-hybridized carbons (Fsp3) is 0.467. The van der Waals surface area contributed by atoms with E-state index in [0.717, 1.165) is 25.2 Å². The number of nitrogens with one attached hydrogen (secondary N) is 1. The lowest BCUT2D eigenvalue weighted by molar-refractivity contribution is -0.118. The maximum absolute atomic E-state index is 12.2. The van der Waals surface area contributed by atoms with Gasteiger partial charge in [0.05, 0.1) is 24.5 Å². The number of carbonyl (C=O) groups is 1. The van der Waals surface area contributed by atoms with Crippen LogP contribution in [0.2, 0.25) is 0 Å². The van der Waals surface area contributed by atoms with E-state index in [1.165, 1.54) is 5.69 Å². The number of anilines is 1. The Hall–Kier alpha value is -2.08. The Bertz CT molecular complexity index is 630. The molecule has 6 heteroatoms. The highest BCUT2D eigenvalue weighted by atomic mass is 16.2. The standard InChI is InChI=1S/C15H21N5O/c1-3-13-14-5-4-6-19(14)7-8-20(13)11-15(21)17-12-9-16-18(2)10-12/h4-6,9-10,13H,3,7-8,11H2,1-2H3,(H,17,21). The highest BCUT2D eigenvalue weighted by Crippen LogP contribution is 2.28. The second-order valence-corrected chi connectivity index (χ2v) is 5.47. The fourth-order valence-electron chi connectivity index (χ4n) is 3.04. The minimum absolute atomic E-state index is 0.0152. The molecule has 2 aromatic heterocycles. The normalized spacial score (nSPS) is 18.5. The van der Waals surface area contributed by atoms with Gasteiger partial charge >= 0.3 is 0 Å². The number of nitrogens with zero attached hydrogens (tertiary/aromatic N) is 4. The van der Waals surface area contributed by atoms with E-state index >= 15 is 0 Å². The summed E-state index contributed by atoms with van der Waals surface area (Å²) in [7, 11) is 1.83. The molecule has 6 nitrogen and oxygen atoms in total. The number of amides is 1. The van der Waals surface area contributed by atoms with Crippen molar-refractivity contribution in [2.75, 3.05) is 18.4 Å². The fourth-order valence-corrected chi connectivity index (χ4v) is 3.04. The van der Waals surface area contributed by atoms with Gasteiger partial charge in [-0.1, -0.05) is 6.92 Å². The molecular weight excluding hydrogens is 266 g/mol. The van der Waals surface area contributed by atoms with E-state index in [1.54, 1.807) is 17.1 Å². The number of aromatic nitrogens is 3. The summed E-state index contributed by atoms with van der Waals surface area (Å²) in [5.74, 6) is 0.0152. The topological polar surface area (TPSA) is 55.1 Å². The Morgan fingerprint density at radius 2 is 2.33 bits per heavy atom. The molecule has 0 aliphatic carbocycles. The first-order chi connectivity index (χ1) is 10.2. The van der Waals surface area contributed by atoms with Crippen molar-refractivity contribution >= 4 is 11.6 Å². The predicted molar refractivity (Wildman–Crippen MR) is 80.9 cm³/mol. The summed E-state index contributed by atoms with van der Waals surface area (Å²) in [6, 6.07) is 4.55. The molecule has 112 valence electrons.